The van der Waals surface area contributed by atoms with Crippen LogP contribution in [0.25, 0.3) is 0 Å². The van der Waals surface area contributed by atoms with Crippen molar-refractivity contribution in [1.82, 2.24) is 9.62 Å². The molecule has 0 unspecified atom stereocenters. The Labute approximate surface area is 126 Å². The second-order valence-electron chi connectivity index (χ2n) is 5.51. The number of hydrogen-bond acceptors (Lipinski definition) is 4. The van der Waals surface area contributed by atoms with E-state index >= 15 is 0 Å². The standard InChI is InChI=1S/C14H24FN3O2S/c1-10(2)18(11(3)4)8-7-17-21(19,20)14-6-5-12(16)9-13(14)15/h5-6,9-11,17H,7-8,16H2,1-4H3. The van der Waals surface area contributed by atoms with Gasteiger partial charge in [-0.2, -0.15) is 0 Å². The molecule has 0 aliphatic rings. The van der Waals surface area contributed by atoms with Crippen LogP contribution in [0.1, 0.15) is 27.7 Å². The fourth-order valence-corrected chi connectivity index (χ4v) is 3.31. The van der Waals surface area contributed by atoms with Crippen LogP contribution in [0.2, 0.25) is 0 Å². The molecule has 1 aromatic carbocycles. The summed E-state index contributed by atoms with van der Waals surface area (Å²) < 4.78 is 40.3. The van der Waals surface area contributed by atoms with Gasteiger partial charge in [0.15, 0.2) is 0 Å². The summed E-state index contributed by atoms with van der Waals surface area (Å²) >= 11 is 0. The second-order valence-corrected chi connectivity index (χ2v) is 7.25. The number of anilines is 1. The number of nitrogens with two attached hydrogens (primary N) is 1. The summed E-state index contributed by atoms with van der Waals surface area (Å²) in [5.74, 6) is -0.841. The van der Waals surface area contributed by atoms with E-state index in [1.165, 1.54) is 12.1 Å². The number of rotatable bonds is 7. The largest absolute Gasteiger partial charge is 0.399 e. The van der Waals surface area contributed by atoms with Crippen molar-refractivity contribution in [3.05, 3.63) is 24.0 Å². The Kier molecular flexibility index (Phi) is 6.12. The molecule has 1 aromatic rings. The van der Waals surface area contributed by atoms with Crippen LogP contribution >= 0.6 is 0 Å². The summed E-state index contributed by atoms with van der Waals surface area (Å²) in [7, 11) is -3.86. The molecule has 0 fully saturated rings. The molecular formula is C14H24FN3O2S. The lowest BCUT2D eigenvalue weighted by atomic mass is 10.2. The van der Waals surface area contributed by atoms with E-state index in [4.69, 9.17) is 5.73 Å². The number of benzene rings is 1. The number of nitrogens with one attached hydrogen (secondary N) is 1. The molecule has 120 valence electrons. The Bertz CT molecular complexity index is 566. The van der Waals surface area contributed by atoms with Crippen LogP contribution in [-0.4, -0.2) is 38.5 Å². The second kappa shape index (κ2) is 7.20. The molecule has 3 N–H and O–H groups in total. The molecule has 0 heterocycles. The average molecular weight is 317 g/mol. The molecule has 0 saturated carbocycles. The fraction of sp³-hybridized carbons (Fsp3) is 0.571. The zero-order valence-electron chi connectivity index (χ0n) is 12.9. The van der Waals surface area contributed by atoms with E-state index in [1.807, 2.05) is 27.7 Å². The van der Waals surface area contributed by atoms with Crippen molar-refractivity contribution in [1.29, 1.82) is 0 Å². The molecule has 5 nitrogen and oxygen atoms in total. The van der Waals surface area contributed by atoms with Crippen LogP contribution in [0.3, 0.4) is 0 Å². The van der Waals surface area contributed by atoms with Crippen molar-refractivity contribution in [3.63, 3.8) is 0 Å². The van der Waals surface area contributed by atoms with Crippen LogP contribution < -0.4 is 10.5 Å². The summed E-state index contributed by atoms with van der Waals surface area (Å²) in [6.07, 6.45) is 0. The van der Waals surface area contributed by atoms with Crippen molar-refractivity contribution >= 4 is 15.7 Å². The summed E-state index contributed by atoms with van der Waals surface area (Å²) in [4.78, 5) is 1.78. The molecule has 0 saturated heterocycles. The normalized spacial score (nSPS) is 12.6. The van der Waals surface area contributed by atoms with Gasteiger partial charge in [0.2, 0.25) is 10.0 Å². The number of sulfonamides is 1. The average Bonchev–Trinajstić information content (AvgIpc) is 2.33. The highest BCUT2D eigenvalue weighted by Crippen LogP contribution is 2.16. The molecule has 0 amide bonds. The van der Waals surface area contributed by atoms with E-state index < -0.39 is 15.8 Å². The van der Waals surface area contributed by atoms with Crippen molar-refractivity contribution in [2.24, 2.45) is 0 Å². The first-order valence-electron chi connectivity index (χ1n) is 6.95. The van der Waals surface area contributed by atoms with Crippen LogP contribution in [-0.2, 0) is 10.0 Å². The van der Waals surface area contributed by atoms with Gasteiger partial charge in [0.05, 0.1) is 0 Å². The highest BCUT2D eigenvalue weighted by atomic mass is 32.2. The lowest BCUT2D eigenvalue weighted by molar-refractivity contribution is 0.179. The van der Waals surface area contributed by atoms with Gasteiger partial charge in [0.25, 0.3) is 0 Å². The molecule has 0 spiro atoms. The van der Waals surface area contributed by atoms with Gasteiger partial charge >= 0.3 is 0 Å². The van der Waals surface area contributed by atoms with Crippen molar-refractivity contribution < 1.29 is 12.8 Å². The van der Waals surface area contributed by atoms with E-state index in [9.17, 15) is 12.8 Å². The van der Waals surface area contributed by atoms with Gasteiger partial charge in [-0.15, -0.1) is 0 Å². The molecule has 0 aliphatic carbocycles. The predicted octanol–water partition coefficient (Wildman–Crippen LogP) is 1.81. The van der Waals surface area contributed by atoms with Crippen molar-refractivity contribution in [2.75, 3.05) is 18.8 Å². The van der Waals surface area contributed by atoms with Gasteiger partial charge in [-0.05, 0) is 45.9 Å². The Hall–Kier alpha value is -1.18. The Morgan fingerprint density at radius 3 is 2.29 bits per heavy atom. The lowest BCUT2D eigenvalue weighted by Crippen LogP contribution is -2.42. The van der Waals surface area contributed by atoms with E-state index in [2.05, 4.69) is 9.62 Å². The maximum Gasteiger partial charge on any atom is 0.243 e. The van der Waals surface area contributed by atoms with Gasteiger partial charge in [-0.1, -0.05) is 0 Å². The lowest BCUT2D eigenvalue weighted by Gasteiger charge is -2.30. The minimum atomic E-state index is -3.86. The third-order valence-corrected chi connectivity index (χ3v) is 4.73. The minimum absolute atomic E-state index is 0.192. The first-order chi connectivity index (χ1) is 9.65. The molecule has 0 atom stereocenters. The number of halogens is 1. The van der Waals surface area contributed by atoms with E-state index in [0.717, 1.165) is 6.07 Å². The molecular weight excluding hydrogens is 293 g/mol. The first-order valence-corrected chi connectivity index (χ1v) is 8.44. The molecule has 7 heteroatoms. The SMILES string of the molecule is CC(C)N(CCNS(=O)(=O)c1ccc(N)cc1F)C(C)C. The monoisotopic (exact) mass is 317 g/mol. The van der Waals surface area contributed by atoms with Crippen molar-refractivity contribution in [3.8, 4) is 0 Å². The molecule has 1 rings (SSSR count). The molecule has 0 aromatic heterocycles. The molecule has 0 radical (unpaired) electrons. The first kappa shape index (κ1) is 17.9. The van der Waals surface area contributed by atoms with E-state index in [0.29, 0.717) is 18.6 Å². The van der Waals surface area contributed by atoms with Crippen LogP contribution in [0, 0.1) is 5.82 Å². The molecule has 0 bridgehead atoms. The van der Waals surface area contributed by atoms with Gasteiger partial charge in [0.1, 0.15) is 10.7 Å². The van der Waals surface area contributed by atoms with Gasteiger partial charge in [-0.25, -0.2) is 17.5 Å². The summed E-state index contributed by atoms with van der Waals surface area (Å²) in [6, 6.07) is 4.16. The van der Waals surface area contributed by atoms with Crippen molar-refractivity contribution in [2.45, 2.75) is 44.7 Å². The Balaban J connectivity index is 2.73. The maximum absolute atomic E-state index is 13.7. The van der Waals surface area contributed by atoms with Gasteiger partial charge in [0, 0.05) is 30.9 Å². The molecule has 0 aliphatic heterocycles. The fourth-order valence-electron chi connectivity index (χ4n) is 2.23. The van der Waals surface area contributed by atoms with Crippen LogP contribution in [0.4, 0.5) is 10.1 Å². The highest BCUT2D eigenvalue weighted by molar-refractivity contribution is 7.89. The van der Waals surface area contributed by atoms with Gasteiger partial charge in [-0.3, -0.25) is 4.90 Å². The van der Waals surface area contributed by atoms with E-state index in [-0.39, 0.29) is 17.1 Å². The summed E-state index contributed by atoms with van der Waals surface area (Å²) in [5.41, 5.74) is 5.61. The third-order valence-electron chi connectivity index (χ3n) is 3.23. The summed E-state index contributed by atoms with van der Waals surface area (Å²) in [5, 5.41) is 0. The zero-order valence-corrected chi connectivity index (χ0v) is 13.7. The Morgan fingerprint density at radius 2 is 1.81 bits per heavy atom. The zero-order chi connectivity index (χ0) is 16.2. The smallest absolute Gasteiger partial charge is 0.243 e. The number of hydrogen-bond donors (Lipinski definition) is 2. The van der Waals surface area contributed by atoms with E-state index in [1.54, 1.807) is 0 Å². The van der Waals surface area contributed by atoms with Crippen LogP contribution in [0.5, 0.6) is 0 Å². The predicted molar refractivity (Wildman–Crippen MR) is 83.0 cm³/mol. The van der Waals surface area contributed by atoms with Crippen LogP contribution in [0.15, 0.2) is 23.1 Å². The highest BCUT2D eigenvalue weighted by Gasteiger charge is 2.20. The maximum atomic E-state index is 13.7. The number of nitrogens with zero attached hydrogens (tertiary/aromatic N) is 1. The Morgan fingerprint density at radius 1 is 1.24 bits per heavy atom. The topological polar surface area (TPSA) is 75.4 Å². The number of nitrogen functional groups attached to an aromatic ring is 1. The van der Waals surface area contributed by atoms with Gasteiger partial charge < -0.3 is 5.73 Å². The molecule has 21 heavy (non-hydrogen) atoms. The third kappa shape index (κ3) is 4.94. The minimum Gasteiger partial charge on any atom is -0.399 e. The quantitative estimate of drug-likeness (QED) is 0.752. The summed E-state index contributed by atoms with van der Waals surface area (Å²) in [6.45, 7) is 8.98.